The highest BCUT2D eigenvalue weighted by atomic mass is 16.5. The second-order valence-electron chi connectivity index (χ2n) is 6.68. The molecule has 1 aliphatic rings. The number of methoxy groups -OCH3 is 1. The number of carbonyl (C=O) groups excluding carboxylic acids is 1. The van der Waals surface area contributed by atoms with E-state index in [0.29, 0.717) is 12.6 Å². The minimum absolute atomic E-state index is 0.0238. The molecule has 4 nitrogen and oxygen atoms in total. The number of amides is 1. The Morgan fingerprint density at radius 3 is 2.44 bits per heavy atom. The monoisotopic (exact) mass is 338 g/mol. The SMILES string of the molecule is COc1ccc(CN(CC(=O)NC(C)c2ccccc2)C2CC2)cc1. The molecule has 1 N–H and O–H groups in total. The molecule has 1 fully saturated rings. The third-order valence-corrected chi connectivity index (χ3v) is 4.63. The third kappa shape index (κ3) is 5.07. The van der Waals surface area contributed by atoms with Gasteiger partial charge in [0.2, 0.25) is 5.91 Å². The molecule has 4 heteroatoms. The summed E-state index contributed by atoms with van der Waals surface area (Å²) in [4.78, 5) is 14.8. The van der Waals surface area contributed by atoms with E-state index in [0.717, 1.165) is 17.9 Å². The smallest absolute Gasteiger partial charge is 0.234 e. The highest BCUT2D eigenvalue weighted by Crippen LogP contribution is 2.28. The highest BCUT2D eigenvalue weighted by molar-refractivity contribution is 5.78. The average molecular weight is 338 g/mol. The summed E-state index contributed by atoms with van der Waals surface area (Å²) in [6, 6.07) is 18.7. The number of ether oxygens (including phenoxy) is 1. The van der Waals surface area contributed by atoms with Crippen molar-refractivity contribution in [2.45, 2.75) is 38.4 Å². The summed E-state index contributed by atoms with van der Waals surface area (Å²) in [5.41, 5.74) is 2.33. The van der Waals surface area contributed by atoms with Crippen LogP contribution in [0, 0.1) is 0 Å². The van der Waals surface area contributed by atoms with Crippen molar-refractivity contribution in [3.05, 3.63) is 65.7 Å². The molecule has 0 aliphatic heterocycles. The summed E-state index contributed by atoms with van der Waals surface area (Å²) in [6.45, 7) is 3.26. The third-order valence-electron chi connectivity index (χ3n) is 4.63. The van der Waals surface area contributed by atoms with Gasteiger partial charge in [-0.05, 0) is 43.0 Å². The summed E-state index contributed by atoms with van der Waals surface area (Å²) in [6.07, 6.45) is 2.36. The van der Waals surface area contributed by atoms with Gasteiger partial charge in [0.15, 0.2) is 0 Å². The second-order valence-corrected chi connectivity index (χ2v) is 6.68. The van der Waals surface area contributed by atoms with E-state index in [4.69, 9.17) is 4.74 Å². The number of benzene rings is 2. The molecular formula is C21H26N2O2. The molecule has 3 rings (SSSR count). The summed E-state index contributed by atoms with van der Waals surface area (Å²) in [7, 11) is 1.67. The lowest BCUT2D eigenvalue weighted by Gasteiger charge is -2.23. The number of carbonyl (C=O) groups is 1. The van der Waals surface area contributed by atoms with Gasteiger partial charge in [0.1, 0.15) is 5.75 Å². The van der Waals surface area contributed by atoms with Gasteiger partial charge in [0.05, 0.1) is 19.7 Å². The van der Waals surface area contributed by atoms with Gasteiger partial charge < -0.3 is 10.1 Å². The fourth-order valence-electron chi connectivity index (χ4n) is 3.02. The van der Waals surface area contributed by atoms with Gasteiger partial charge >= 0.3 is 0 Å². The highest BCUT2D eigenvalue weighted by Gasteiger charge is 2.30. The Kier molecular flexibility index (Phi) is 5.71. The molecule has 1 unspecified atom stereocenters. The van der Waals surface area contributed by atoms with E-state index >= 15 is 0 Å². The Balaban J connectivity index is 1.56. The molecule has 1 amide bonds. The van der Waals surface area contributed by atoms with Crippen LogP contribution < -0.4 is 10.1 Å². The largest absolute Gasteiger partial charge is 0.497 e. The molecule has 0 aromatic heterocycles. The molecule has 0 radical (unpaired) electrons. The Morgan fingerprint density at radius 2 is 1.84 bits per heavy atom. The van der Waals surface area contributed by atoms with E-state index in [1.807, 2.05) is 49.4 Å². The fraction of sp³-hybridized carbons (Fsp3) is 0.381. The normalized spacial score (nSPS) is 15.0. The number of hydrogen-bond acceptors (Lipinski definition) is 3. The zero-order valence-electron chi connectivity index (χ0n) is 14.9. The summed E-state index contributed by atoms with van der Waals surface area (Å²) in [5, 5.41) is 3.11. The number of hydrogen-bond donors (Lipinski definition) is 1. The van der Waals surface area contributed by atoms with Crippen molar-refractivity contribution in [1.29, 1.82) is 0 Å². The molecule has 25 heavy (non-hydrogen) atoms. The number of rotatable bonds is 8. The van der Waals surface area contributed by atoms with E-state index in [-0.39, 0.29) is 11.9 Å². The zero-order valence-corrected chi connectivity index (χ0v) is 14.9. The minimum Gasteiger partial charge on any atom is -0.497 e. The molecule has 0 spiro atoms. The summed E-state index contributed by atoms with van der Waals surface area (Å²) in [5.74, 6) is 0.938. The lowest BCUT2D eigenvalue weighted by molar-refractivity contribution is -0.123. The van der Waals surface area contributed by atoms with Crippen LogP contribution >= 0.6 is 0 Å². The van der Waals surface area contributed by atoms with Crippen LogP contribution in [0.2, 0.25) is 0 Å². The topological polar surface area (TPSA) is 41.6 Å². The van der Waals surface area contributed by atoms with Crippen molar-refractivity contribution >= 4 is 5.91 Å². The summed E-state index contributed by atoms with van der Waals surface area (Å²) < 4.78 is 5.21. The van der Waals surface area contributed by atoms with E-state index in [2.05, 4.69) is 22.3 Å². The van der Waals surface area contributed by atoms with Crippen molar-refractivity contribution in [3.63, 3.8) is 0 Å². The number of nitrogens with one attached hydrogen (secondary N) is 1. The van der Waals surface area contributed by atoms with Gasteiger partial charge in [-0.3, -0.25) is 9.69 Å². The van der Waals surface area contributed by atoms with E-state index in [1.165, 1.54) is 18.4 Å². The van der Waals surface area contributed by atoms with Crippen LogP contribution in [0.15, 0.2) is 54.6 Å². The van der Waals surface area contributed by atoms with Crippen molar-refractivity contribution in [2.24, 2.45) is 0 Å². The minimum atomic E-state index is 0.0238. The second kappa shape index (κ2) is 8.17. The maximum atomic E-state index is 12.5. The summed E-state index contributed by atoms with van der Waals surface area (Å²) >= 11 is 0. The van der Waals surface area contributed by atoms with Gasteiger partial charge in [0.25, 0.3) is 0 Å². The van der Waals surface area contributed by atoms with Crippen LogP contribution in [0.3, 0.4) is 0 Å². The van der Waals surface area contributed by atoms with Gasteiger partial charge in [-0.1, -0.05) is 42.5 Å². The molecule has 1 saturated carbocycles. The average Bonchev–Trinajstić information content (AvgIpc) is 3.47. The van der Waals surface area contributed by atoms with Crippen LogP contribution in [-0.4, -0.2) is 30.5 Å². The van der Waals surface area contributed by atoms with Crippen molar-refractivity contribution in [2.75, 3.05) is 13.7 Å². The molecule has 1 atom stereocenters. The molecule has 1 aliphatic carbocycles. The first-order valence-electron chi connectivity index (χ1n) is 8.87. The molecule has 0 heterocycles. The fourth-order valence-corrected chi connectivity index (χ4v) is 3.02. The predicted molar refractivity (Wildman–Crippen MR) is 99.4 cm³/mol. The Hall–Kier alpha value is -2.33. The van der Waals surface area contributed by atoms with Gasteiger partial charge in [-0.15, -0.1) is 0 Å². The van der Waals surface area contributed by atoms with Gasteiger partial charge in [-0.25, -0.2) is 0 Å². The van der Waals surface area contributed by atoms with Crippen molar-refractivity contribution in [3.8, 4) is 5.75 Å². The standard InChI is InChI=1S/C21H26N2O2/c1-16(18-6-4-3-5-7-18)22-21(24)15-23(19-10-11-19)14-17-8-12-20(25-2)13-9-17/h3-9,12-13,16,19H,10-11,14-15H2,1-2H3,(H,22,24). The number of nitrogens with zero attached hydrogens (tertiary/aromatic N) is 1. The lowest BCUT2D eigenvalue weighted by atomic mass is 10.1. The van der Waals surface area contributed by atoms with Crippen LogP contribution in [-0.2, 0) is 11.3 Å². The maximum absolute atomic E-state index is 12.5. The van der Waals surface area contributed by atoms with Crippen LogP contribution in [0.4, 0.5) is 0 Å². The first-order valence-corrected chi connectivity index (χ1v) is 8.87. The van der Waals surface area contributed by atoms with E-state index in [9.17, 15) is 4.79 Å². The van der Waals surface area contributed by atoms with E-state index in [1.54, 1.807) is 7.11 Å². The molecule has 2 aromatic carbocycles. The predicted octanol–water partition coefficient (Wildman–Crippen LogP) is 3.54. The molecule has 0 bridgehead atoms. The van der Waals surface area contributed by atoms with Crippen LogP contribution in [0.25, 0.3) is 0 Å². The van der Waals surface area contributed by atoms with Crippen molar-refractivity contribution < 1.29 is 9.53 Å². The van der Waals surface area contributed by atoms with Gasteiger partial charge in [0, 0.05) is 12.6 Å². The quantitative estimate of drug-likeness (QED) is 0.800. The molecular weight excluding hydrogens is 312 g/mol. The van der Waals surface area contributed by atoms with E-state index < -0.39 is 0 Å². The Bertz CT molecular complexity index is 681. The van der Waals surface area contributed by atoms with Crippen molar-refractivity contribution in [1.82, 2.24) is 10.2 Å². The first-order chi connectivity index (χ1) is 12.2. The Labute approximate surface area is 149 Å². The maximum Gasteiger partial charge on any atom is 0.234 e. The van der Waals surface area contributed by atoms with Crippen LogP contribution in [0.1, 0.15) is 36.9 Å². The van der Waals surface area contributed by atoms with Crippen LogP contribution in [0.5, 0.6) is 5.75 Å². The molecule has 0 saturated heterocycles. The first kappa shape index (κ1) is 17.5. The zero-order chi connectivity index (χ0) is 17.6. The molecule has 2 aromatic rings. The molecule has 132 valence electrons. The van der Waals surface area contributed by atoms with Gasteiger partial charge in [-0.2, -0.15) is 0 Å². The Morgan fingerprint density at radius 1 is 1.16 bits per heavy atom. The lowest BCUT2D eigenvalue weighted by Crippen LogP contribution is -2.39.